The first-order chi connectivity index (χ1) is 11.2. The molecule has 2 aromatic heterocycles. The lowest BCUT2D eigenvalue weighted by Crippen LogP contribution is -2.33. The monoisotopic (exact) mass is 333 g/mol. The average molecular weight is 333 g/mol. The summed E-state index contributed by atoms with van der Waals surface area (Å²) in [4.78, 5) is 17.6. The molecule has 0 aromatic carbocycles. The van der Waals surface area contributed by atoms with Crippen molar-refractivity contribution in [3.63, 3.8) is 0 Å². The highest BCUT2D eigenvalue weighted by Crippen LogP contribution is 2.22. The molecule has 0 unspecified atom stereocenters. The maximum Gasteiger partial charge on any atom is 0.241 e. The van der Waals surface area contributed by atoms with E-state index in [0.29, 0.717) is 19.0 Å². The van der Waals surface area contributed by atoms with Crippen molar-refractivity contribution in [2.24, 2.45) is 0 Å². The molecule has 1 fully saturated rings. The number of carbonyl (C=O) groups is 1. The molecule has 1 aliphatic heterocycles. The van der Waals surface area contributed by atoms with E-state index < -0.39 is 0 Å². The summed E-state index contributed by atoms with van der Waals surface area (Å²) in [5, 5.41) is 10.7. The number of amides is 1. The fourth-order valence-corrected chi connectivity index (χ4v) is 3.78. The number of nitrogens with zero attached hydrogens (tertiary/aromatic N) is 3. The Morgan fingerprint density at radius 1 is 1.57 bits per heavy atom. The summed E-state index contributed by atoms with van der Waals surface area (Å²) >= 11 is 1.64. The van der Waals surface area contributed by atoms with E-state index in [0.717, 1.165) is 37.3 Å². The minimum Gasteiger partial charge on any atom is -0.354 e. The van der Waals surface area contributed by atoms with Crippen molar-refractivity contribution >= 4 is 17.2 Å². The van der Waals surface area contributed by atoms with Gasteiger partial charge in [0.2, 0.25) is 5.91 Å². The van der Waals surface area contributed by atoms with Crippen LogP contribution >= 0.6 is 11.3 Å². The highest BCUT2D eigenvalue weighted by Gasteiger charge is 2.19. The molecule has 3 heterocycles. The van der Waals surface area contributed by atoms with Crippen LogP contribution in [0.2, 0.25) is 0 Å². The summed E-state index contributed by atoms with van der Waals surface area (Å²) in [6.07, 6.45) is 4.96. The van der Waals surface area contributed by atoms with Gasteiger partial charge in [0.25, 0.3) is 0 Å². The number of aromatic nitrogens is 3. The molecule has 23 heavy (non-hydrogen) atoms. The predicted molar refractivity (Wildman–Crippen MR) is 90.6 cm³/mol. The molecular formula is C16H23N5OS. The van der Waals surface area contributed by atoms with Crippen LogP contribution in [0, 0.1) is 6.92 Å². The lowest BCUT2D eigenvalue weighted by molar-refractivity contribution is -0.121. The second kappa shape index (κ2) is 7.70. The summed E-state index contributed by atoms with van der Waals surface area (Å²) in [5.41, 5.74) is 4.06. The largest absolute Gasteiger partial charge is 0.354 e. The van der Waals surface area contributed by atoms with Gasteiger partial charge in [-0.3, -0.25) is 9.48 Å². The molecule has 0 spiro atoms. The summed E-state index contributed by atoms with van der Waals surface area (Å²) in [6, 6.07) is 2.03. The fourth-order valence-electron chi connectivity index (χ4n) is 3.00. The molecule has 6 nitrogen and oxygen atoms in total. The van der Waals surface area contributed by atoms with Gasteiger partial charge in [-0.05, 0) is 32.4 Å². The number of thiazole rings is 1. The van der Waals surface area contributed by atoms with E-state index in [9.17, 15) is 4.79 Å². The first kappa shape index (κ1) is 16.1. The van der Waals surface area contributed by atoms with Gasteiger partial charge in [-0.2, -0.15) is 5.10 Å². The number of nitrogens with one attached hydrogen (secondary N) is 2. The van der Waals surface area contributed by atoms with Crippen LogP contribution < -0.4 is 10.6 Å². The van der Waals surface area contributed by atoms with E-state index in [1.54, 1.807) is 17.5 Å². The Hall–Kier alpha value is -1.73. The van der Waals surface area contributed by atoms with Crippen molar-refractivity contribution in [1.82, 2.24) is 25.4 Å². The van der Waals surface area contributed by atoms with Crippen LogP contribution in [0.5, 0.6) is 0 Å². The van der Waals surface area contributed by atoms with E-state index in [-0.39, 0.29) is 5.91 Å². The Kier molecular flexibility index (Phi) is 5.40. The molecule has 1 aliphatic rings. The SMILES string of the molecule is Cc1ncsc1CCNC(=O)Cn1nccc1[C@H]1CCCNC1. The summed E-state index contributed by atoms with van der Waals surface area (Å²) < 4.78 is 1.84. The molecule has 0 saturated carbocycles. The molecule has 0 aliphatic carbocycles. The summed E-state index contributed by atoms with van der Waals surface area (Å²) in [6.45, 7) is 4.99. The fraction of sp³-hybridized carbons (Fsp3) is 0.562. The van der Waals surface area contributed by atoms with Crippen LogP contribution in [0.1, 0.15) is 35.0 Å². The summed E-state index contributed by atoms with van der Waals surface area (Å²) in [5.74, 6) is 0.472. The molecule has 0 bridgehead atoms. The molecule has 3 rings (SSSR count). The zero-order valence-corrected chi connectivity index (χ0v) is 14.2. The molecule has 1 saturated heterocycles. The second-order valence-electron chi connectivity index (χ2n) is 5.92. The highest BCUT2D eigenvalue weighted by atomic mass is 32.1. The van der Waals surface area contributed by atoms with E-state index >= 15 is 0 Å². The number of hydrogen-bond acceptors (Lipinski definition) is 5. The van der Waals surface area contributed by atoms with Gasteiger partial charge in [0.15, 0.2) is 0 Å². The quantitative estimate of drug-likeness (QED) is 0.840. The number of rotatable bonds is 6. The Balaban J connectivity index is 1.50. The standard InChI is InChI=1S/C16H23N5OS/c1-12-15(23-11-19-12)5-7-18-16(22)10-21-14(4-8-20-21)13-3-2-6-17-9-13/h4,8,11,13,17H,2-3,5-7,9-10H2,1H3,(H,18,22)/t13-/m0/s1. The Bertz CT molecular complexity index is 644. The van der Waals surface area contributed by atoms with E-state index in [4.69, 9.17) is 0 Å². The Morgan fingerprint density at radius 2 is 2.48 bits per heavy atom. The van der Waals surface area contributed by atoms with Crippen LogP contribution in [0.4, 0.5) is 0 Å². The maximum absolute atomic E-state index is 12.2. The third-order valence-electron chi connectivity index (χ3n) is 4.28. The molecule has 124 valence electrons. The lowest BCUT2D eigenvalue weighted by Gasteiger charge is -2.23. The van der Waals surface area contributed by atoms with Gasteiger partial charge in [-0.25, -0.2) is 4.98 Å². The molecule has 7 heteroatoms. The molecular weight excluding hydrogens is 310 g/mol. The molecule has 1 amide bonds. The maximum atomic E-state index is 12.2. The first-order valence-corrected chi connectivity index (χ1v) is 9.00. The van der Waals surface area contributed by atoms with Crippen molar-refractivity contribution in [1.29, 1.82) is 0 Å². The van der Waals surface area contributed by atoms with Crippen molar-refractivity contribution in [2.75, 3.05) is 19.6 Å². The molecule has 1 atom stereocenters. The van der Waals surface area contributed by atoms with Crippen LogP contribution in [0.3, 0.4) is 0 Å². The van der Waals surface area contributed by atoms with Gasteiger partial charge >= 0.3 is 0 Å². The molecule has 0 radical (unpaired) electrons. The second-order valence-corrected chi connectivity index (χ2v) is 6.86. The van der Waals surface area contributed by atoms with E-state index in [1.165, 1.54) is 11.3 Å². The number of aryl methyl sites for hydroxylation is 1. The number of piperidine rings is 1. The molecule has 2 aromatic rings. The van der Waals surface area contributed by atoms with Crippen LogP contribution in [0.25, 0.3) is 0 Å². The van der Waals surface area contributed by atoms with Crippen molar-refractivity contribution in [2.45, 2.75) is 38.6 Å². The van der Waals surface area contributed by atoms with E-state index in [1.807, 2.05) is 23.2 Å². The van der Waals surface area contributed by atoms with Gasteiger partial charge in [-0.1, -0.05) is 0 Å². The third kappa shape index (κ3) is 4.17. The first-order valence-electron chi connectivity index (χ1n) is 8.12. The molecule has 2 N–H and O–H groups in total. The highest BCUT2D eigenvalue weighted by molar-refractivity contribution is 7.09. The zero-order valence-electron chi connectivity index (χ0n) is 13.4. The Morgan fingerprint density at radius 3 is 3.22 bits per heavy atom. The van der Waals surface area contributed by atoms with Crippen LogP contribution in [0.15, 0.2) is 17.8 Å². The van der Waals surface area contributed by atoms with Crippen molar-refractivity contribution in [3.8, 4) is 0 Å². The van der Waals surface area contributed by atoms with Gasteiger partial charge in [0.1, 0.15) is 6.54 Å². The number of hydrogen-bond donors (Lipinski definition) is 2. The van der Waals surface area contributed by atoms with Gasteiger partial charge in [0.05, 0.1) is 11.2 Å². The zero-order chi connectivity index (χ0) is 16.1. The lowest BCUT2D eigenvalue weighted by atomic mass is 9.96. The van der Waals surface area contributed by atoms with Gasteiger partial charge < -0.3 is 10.6 Å². The predicted octanol–water partition coefficient (Wildman–Crippen LogP) is 1.47. The number of carbonyl (C=O) groups excluding carboxylic acids is 1. The Labute approximate surface area is 140 Å². The van der Waals surface area contributed by atoms with Gasteiger partial charge in [-0.15, -0.1) is 11.3 Å². The summed E-state index contributed by atoms with van der Waals surface area (Å²) in [7, 11) is 0. The van der Waals surface area contributed by atoms with Crippen LogP contribution in [-0.2, 0) is 17.8 Å². The van der Waals surface area contributed by atoms with E-state index in [2.05, 4.69) is 20.7 Å². The van der Waals surface area contributed by atoms with Crippen LogP contribution in [-0.4, -0.2) is 40.3 Å². The van der Waals surface area contributed by atoms with Crippen molar-refractivity contribution in [3.05, 3.63) is 34.0 Å². The smallest absolute Gasteiger partial charge is 0.241 e. The minimum absolute atomic E-state index is 0.0147. The minimum atomic E-state index is 0.0147. The normalized spacial score (nSPS) is 18.0. The topological polar surface area (TPSA) is 71.8 Å². The van der Waals surface area contributed by atoms with Gasteiger partial charge in [0, 0.05) is 42.2 Å². The average Bonchev–Trinajstić information content (AvgIpc) is 3.18. The third-order valence-corrected chi connectivity index (χ3v) is 5.27. The van der Waals surface area contributed by atoms with Crippen molar-refractivity contribution < 1.29 is 4.79 Å².